The number of rotatable bonds is 16. The monoisotopic (exact) mass is 425 g/mol. The highest BCUT2D eigenvalue weighted by molar-refractivity contribution is 5.69. The number of nitrogens with zero attached hydrogens (tertiary/aromatic N) is 1. The smallest absolute Gasteiger partial charge is 0.306 e. The number of carbonyl (C=O) groups excluding carboxylic acids is 1. The van der Waals surface area contributed by atoms with Crippen molar-refractivity contribution in [2.75, 3.05) is 6.61 Å². The molecule has 0 radical (unpaired) electrons. The first-order chi connectivity index (χ1) is 14.2. The predicted octanol–water partition coefficient (Wildman–Crippen LogP) is 7.59. The molecule has 30 heavy (non-hydrogen) atoms. The van der Waals surface area contributed by atoms with Crippen molar-refractivity contribution in [1.82, 2.24) is 5.06 Å². The minimum Gasteiger partial charge on any atom is -0.462 e. The predicted molar refractivity (Wildman–Crippen MR) is 126 cm³/mol. The van der Waals surface area contributed by atoms with Crippen LogP contribution in [-0.4, -0.2) is 34.8 Å². The van der Waals surface area contributed by atoms with Crippen molar-refractivity contribution < 1.29 is 14.4 Å². The number of esters is 1. The highest BCUT2D eigenvalue weighted by Crippen LogP contribution is 2.40. The Kier molecular flexibility index (Phi) is 13.2. The molecule has 1 aliphatic heterocycles. The molecular formula is C26H51NO3. The Hall–Kier alpha value is -0.610. The van der Waals surface area contributed by atoms with Crippen LogP contribution in [0.2, 0.25) is 0 Å². The van der Waals surface area contributed by atoms with Crippen molar-refractivity contribution in [3.63, 3.8) is 0 Å². The molecule has 4 heteroatoms. The minimum atomic E-state index is -0.144. The Bertz CT molecular complexity index is 443. The second-order valence-corrected chi connectivity index (χ2v) is 10.6. The SMILES string of the molecule is CCCCCCCCON1C(C)(C)CC(OC(=O)CCCCCCCC)CC1(C)C. The fourth-order valence-electron chi connectivity index (χ4n) is 4.94. The van der Waals surface area contributed by atoms with E-state index in [1.807, 2.05) is 0 Å². The molecular weight excluding hydrogens is 374 g/mol. The molecule has 1 heterocycles. The molecule has 0 bridgehead atoms. The molecule has 1 saturated heterocycles. The summed E-state index contributed by atoms with van der Waals surface area (Å²) in [5.74, 6) is -0.0245. The van der Waals surface area contributed by atoms with E-state index >= 15 is 0 Å². The first kappa shape index (κ1) is 27.4. The molecule has 0 N–H and O–H groups in total. The maximum atomic E-state index is 12.4. The Morgan fingerprint density at radius 3 is 1.77 bits per heavy atom. The molecule has 0 aromatic heterocycles. The van der Waals surface area contributed by atoms with Gasteiger partial charge in [0.15, 0.2) is 0 Å². The highest BCUT2D eigenvalue weighted by atomic mass is 16.7. The molecule has 0 unspecified atom stereocenters. The first-order valence-electron chi connectivity index (χ1n) is 12.9. The molecule has 0 saturated carbocycles. The molecule has 0 aliphatic carbocycles. The maximum Gasteiger partial charge on any atom is 0.306 e. The Morgan fingerprint density at radius 1 is 0.767 bits per heavy atom. The van der Waals surface area contributed by atoms with Gasteiger partial charge in [-0.3, -0.25) is 9.63 Å². The van der Waals surface area contributed by atoms with E-state index in [9.17, 15) is 4.79 Å². The third-order valence-electron chi connectivity index (χ3n) is 6.30. The summed E-state index contributed by atoms with van der Waals surface area (Å²) >= 11 is 0. The fraction of sp³-hybridized carbons (Fsp3) is 0.962. The molecule has 0 aromatic rings. The second-order valence-electron chi connectivity index (χ2n) is 10.6. The van der Waals surface area contributed by atoms with Gasteiger partial charge in [0, 0.05) is 30.3 Å². The van der Waals surface area contributed by atoms with E-state index in [2.05, 4.69) is 46.6 Å². The standard InChI is InChI=1S/C26H51NO3/c1-7-9-11-13-15-17-19-24(28)30-23-21-25(3,4)27(26(5,6)22-23)29-20-18-16-14-12-10-8-2/h23H,7-22H2,1-6H3. The van der Waals surface area contributed by atoms with Crippen molar-refractivity contribution >= 4 is 5.97 Å². The molecule has 0 aromatic carbocycles. The minimum absolute atomic E-state index is 0.0171. The van der Waals surface area contributed by atoms with Gasteiger partial charge in [0.25, 0.3) is 0 Å². The van der Waals surface area contributed by atoms with E-state index < -0.39 is 0 Å². The van der Waals surface area contributed by atoms with Crippen LogP contribution in [0.3, 0.4) is 0 Å². The van der Waals surface area contributed by atoms with Crippen LogP contribution in [0.1, 0.15) is 138 Å². The van der Waals surface area contributed by atoms with Gasteiger partial charge >= 0.3 is 5.97 Å². The van der Waals surface area contributed by atoms with Gasteiger partial charge in [-0.05, 0) is 40.5 Å². The highest BCUT2D eigenvalue weighted by Gasteiger charge is 2.47. The van der Waals surface area contributed by atoms with Gasteiger partial charge in [-0.15, -0.1) is 0 Å². The zero-order chi connectivity index (χ0) is 22.5. The summed E-state index contributed by atoms with van der Waals surface area (Å²) in [7, 11) is 0. The van der Waals surface area contributed by atoms with Crippen LogP contribution < -0.4 is 0 Å². The first-order valence-corrected chi connectivity index (χ1v) is 12.9. The van der Waals surface area contributed by atoms with E-state index in [1.54, 1.807) is 0 Å². The topological polar surface area (TPSA) is 38.8 Å². The summed E-state index contributed by atoms with van der Waals surface area (Å²) in [5.41, 5.74) is -0.288. The van der Waals surface area contributed by atoms with Gasteiger partial charge in [-0.25, -0.2) is 0 Å². The lowest BCUT2D eigenvalue weighted by molar-refractivity contribution is -0.293. The summed E-state index contributed by atoms with van der Waals surface area (Å²) in [4.78, 5) is 18.6. The summed E-state index contributed by atoms with van der Waals surface area (Å²) in [6, 6.07) is 0. The van der Waals surface area contributed by atoms with E-state index in [4.69, 9.17) is 9.57 Å². The third-order valence-corrected chi connectivity index (χ3v) is 6.30. The molecule has 178 valence electrons. The number of carbonyl (C=O) groups is 1. The lowest BCUT2D eigenvalue weighted by Crippen LogP contribution is -2.62. The van der Waals surface area contributed by atoms with E-state index in [0.29, 0.717) is 6.42 Å². The normalized spacial score (nSPS) is 19.1. The zero-order valence-electron chi connectivity index (χ0n) is 21.1. The number of piperidine rings is 1. The van der Waals surface area contributed by atoms with Crippen LogP contribution in [0.25, 0.3) is 0 Å². The fourth-order valence-corrected chi connectivity index (χ4v) is 4.94. The quantitative estimate of drug-likeness (QED) is 0.188. The van der Waals surface area contributed by atoms with Gasteiger partial charge in [0.05, 0.1) is 6.61 Å². The number of hydrogen-bond acceptors (Lipinski definition) is 4. The largest absolute Gasteiger partial charge is 0.462 e. The van der Waals surface area contributed by atoms with E-state index in [-0.39, 0.29) is 23.2 Å². The van der Waals surface area contributed by atoms with Crippen molar-refractivity contribution in [2.24, 2.45) is 0 Å². The summed E-state index contributed by atoms with van der Waals surface area (Å²) < 4.78 is 5.90. The Labute approximate surface area is 187 Å². The van der Waals surface area contributed by atoms with Crippen LogP contribution in [0.15, 0.2) is 0 Å². The number of hydroxylamine groups is 2. The van der Waals surface area contributed by atoms with Crippen molar-refractivity contribution in [3.05, 3.63) is 0 Å². The van der Waals surface area contributed by atoms with Crippen LogP contribution in [-0.2, 0) is 14.4 Å². The van der Waals surface area contributed by atoms with Crippen molar-refractivity contribution in [2.45, 2.75) is 155 Å². The van der Waals surface area contributed by atoms with Gasteiger partial charge in [0.1, 0.15) is 6.10 Å². The van der Waals surface area contributed by atoms with Crippen LogP contribution in [0.4, 0.5) is 0 Å². The van der Waals surface area contributed by atoms with Crippen molar-refractivity contribution in [1.29, 1.82) is 0 Å². The van der Waals surface area contributed by atoms with Gasteiger partial charge in [0.2, 0.25) is 0 Å². The van der Waals surface area contributed by atoms with Gasteiger partial charge < -0.3 is 4.74 Å². The van der Waals surface area contributed by atoms with Gasteiger partial charge in [-0.2, -0.15) is 5.06 Å². The molecule has 4 nitrogen and oxygen atoms in total. The Morgan fingerprint density at radius 2 is 1.23 bits per heavy atom. The lowest BCUT2D eigenvalue weighted by Gasteiger charge is -2.53. The zero-order valence-corrected chi connectivity index (χ0v) is 21.1. The molecule has 0 spiro atoms. The number of hydrogen-bond donors (Lipinski definition) is 0. The van der Waals surface area contributed by atoms with Crippen LogP contribution >= 0.6 is 0 Å². The molecule has 0 amide bonds. The summed E-state index contributed by atoms with van der Waals surface area (Å²) in [6.07, 6.45) is 17.0. The van der Waals surface area contributed by atoms with Crippen LogP contribution in [0, 0.1) is 0 Å². The molecule has 1 fully saturated rings. The number of unbranched alkanes of at least 4 members (excludes halogenated alkanes) is 10. The number of ether oxygens (including phenoxy) is 1. The average Bonchev–Trinajstić information content (AvgIpc) is 2.64. The van der Waals surface area contributed by atoms with E-state index in [0.717, 1.165) is 38.7 Å². The second kappa shape index (κ2) is 14.5. The van der Waals surface area contributed by atoms with Crippen molar-refractivity contribution in [3.8, 4) is 0 Å². The Balaban J connectivity index is 2.37. The molecule has 1 aliphatic rings. The lowest BCUT2D eigenvalue weighted by atomic mass is 9.80. The molecule has 1 rings (SSSR count). The average molecular weight is 426 g/mol. The summed E-state index contributed by atoms with van der Waals surface area (Å²) in [6.45, 7) is 14.1. The third kappa shape index (κ3) is 10.6. The van der Waals surface area contributed by atoms with Gasteiger partial charge in [-0.1, -0.05) is 78.1 Å². The summed E-state index contributed by atoms with van der Waals surface area (Å²) in [5, 5.41) is 2.18. The van der Waals surface area contributed by atoms with Crippen LogP contribution in [0.5, 0.6) is 0 Å². The maximum absolute atomic E-state index is 12.4. The van der Waals surface area contributed by atoms with E-state index in [1.165, 1.54) is 57.8 Å². The molecule has 0 atom stereocenters.